The third-order valence-corrected chi connectivity index (χ3v) is 7.51. The highest BCUT2D eigenvalue weighted by Gasteiger charge is 2.28. The van der Waals surface area contributed by atoms with Gasteiger partial charge in [-0.1, -0.05) is 49.7 Å². The number of hydrogen-bond donors (Lipinski definition) is 0. The molecule has 1 aliphatic rings. The average molecular weight is 407 g/mol. The quantitative estimate of drug-likeness (QED) is 0.715. The van der Waals surface area contributed by atoms with E-state index in [0.29, 0.717) is 23.9 Å². The van der Waals surface area contributed by atoms with Crippen LogP contribution in [-0.4, -0.2) is 43.8 Å². The first-order valence-corrected chi connectivity index (χ1v) is 11.3. The maximum absolute atomic E-state index is 12.9. The molecule has 1 heterocycles. The summed E-state index contributed by atoms with van der Waals surface area (Å²) in [4.78, 5) is 2.67. The number of nitrogens with zero attached hydrogens (tertiary/aromatic N) is 2. The van der Waals surface area contributed by atoms with Gasteiger partial charge in [-0.15, -0.1) is 0 Å². The van der Waals surface area contributed by atoms with Gasteiger partial charge in [-0.3, -0.25) is 4.90 Å². The third-order valence-electron chi connectivity index (χ3n) is 5.35. The monoisotopic (exact) mass is 406 g/mol. The number of hydrogen-bond acceptors (Lipinski definition) is 3. The molecule has 0 amide bonds. The van der Waals surface area contributed by atoms with E-state index in [1.807, 2.05) is 36.4 Å². The summed E-state index contributed by atoms with van der Waals surface area (Å²) >= 11 is 5.93. The van der Waals surface area contributed by atoms with Crippen LogP contribution in [0.25, 0.3) is 0 Å². The molecule has 6 heteroatoms. The molecule has 146 valence electrons. The highest BCUT2D eigenvalue weighted by molar-refractivity contribution is 7.89. The van der Waals surface area contributed by atoms with E-state index >= 15 is 0 Å². The molecule has 2 aromatic rings. The van der Waals surface area contributed by atoms with E-state index in [1.54, 1.807) is 16.4 Å². The van der Waals surface area contributed by atoms with Crippen LogP contribution in [0.15, 0.2) is 53.4 Å². The summed E-state index contributed by atoms with van der Waals surface area (Å²) < 4.78 is 27.5. The van der Waals surface area contributed by atoms with Crippen molar-refractivity contribution in [3.05, 3.63) is 64.7 Å². The van der Waals surface area contributed by atoms with Crippen LogP contribution >= 0.6 is 11.6 Å². The molecule has 27 heavy (non-hydrogen) atoms. The van der Waals surface area contributed by atoms with Crippen molar-refractivity contribution < 1.29 is 8.42 Å². The van der Waals surface area contributed by atoms with Crippen molar-refractivity contribution >= 4 is 21.6 Å². The first-order chi connectivity index (χ1) is 12.9. The summed E-state index contributed by atoms with van der Waals surface area (Å²) in [6.45, 7) is 7.60. The second-order valence-electron chi connectivity index (χ2n) is 7.19. The largest absolute Gasteiger partial charge is 0.296 e. The molecule has 1 saturated heterocycles. The van der Waals surface area contributed by atoms with Gasteiger partial charge in [0.1, 0.15) is 0 Å². The molecular formula is C21H27ClN2O2S. The van der Waals surface area contributed by atoms with Crippen molar-refractivity contribution in [1.29, 1.82) is 0 Å². The van der Waals surface area contributed by atoms with Gasteiger partial charge in [0.25, 0.3) is 0 Å². The Balaban J connectivity index is 1.61. The highest BCUT2D eigenvalue weighted by atomic mass is 35.5. The van der Waals surface area contributed by atoms with Crippen molar-refractivity contribution in [2.45, 2.75) is 37.6 Å². The zero-order valence-electron chi connectivity index (χ0n) is 15.9. The van der Waals surface area contributed by atoms with E-state index in [9.17, 15) is 8.42 Å². The van der Waals surface area contributed by atoms with Gasteiger partial charge < -0.3 is 0 Å². The molecule has 4 nitrogen and oxygen atoms in total. The summed E-state index contributed by atoms with van der Waals surface area (Å²) in [5, 5.41) is 0.731. The standard InChI is InChI=1S/C21H27ClN2O2S/c1-3-17(2)19-6-10-21(11-7-19)27(25,26)24-14-12-23(13-15-24)16-18-4-8-20(22)9-5-18/h4-11,17H,3,12-16H2,1-2H3. The summed E-state index contributed by atoms with van der Waals surface area (Å²) in [5.74, 6) is 0.443. The first-order valence-electron chi connectivity index (χ1n) is 9.47. The fourth-order valence-electron chi connectivity index (χ4n) is 3.33. The first kappa shape index (κ1) is 20.3. The van der Waals surface area contributed by atoms with Gasteiger partial charge in [0.2, 0.25) is 10.0 Å². The van der Waals surface area contributed by atoms with E-state index in [1.165, 1.54) is 11.1 Å². The van der Waals surface area contributed by atoms with Gasteiger partial charge in [-0.2, -0.15) is 4.31 Å². The van der Waals surface area contributed by atoms with Gasteiger partial charge in [0, 0.05) is 37.7 Å². The Hall–Kier alpha value is -1.40. The molecule has 0 aromatic heterocycles. The lowest BCUT2D eigenvalue weighted by Gasteiger charge is -2.34. The topological polar surface area (TPSA) is 40.6 Å². The second-order valence-corrected chi connectivity index (χ2v) is 9.56. The van der Waals surface area contributed by atoms with Crippen LogP contribution in [0.5, 0.6) is 0 Å². The lowest BCUT2D eigenvalue weighted by atomic mass is 9.99. The fourth-order valence-corrected chi connectivity index (χ4v) is 4.88. The zero-order valence-corrected chi connectivity index (χ0v) is 17.5. The minimum atomic E-state index is -3.42. The van der Waals surface area contributed by atoms with Crippen molar-refractivity contribution in [1.82, 2.24) is 9.21 Å². The highest BCUT2D eigenvalue weighted by Crippen LogP contribution is 2.23. The van der Waals surface area contributed by atoms with Crippen LogP contribution in [0.3, 0.4) is 0 Å². The normalized spacial score (nSPS) is 17.7. The van der Waals surface area contributed by atoms with Gasteiger partial charge in [-0.25, -0.2) is 8.42 Å². The summed E-state index contributed by atoms with van der Waals surface area (Å²) in [6, 6.07) is 15.2. The summed E-state index contributed by atoms with van der Waals surface area (Å²) in [7, 11) is -3.42. The Morgan fingerprint density at radius 3 is 2.11 bits per heavy atom. The molecule has 1 aliphatic heterocycles. The number of sulfonamides is 1. The number of rotatable bonds is 6. The molecule has 0 saturated carbocycles. The Bertz CT molecular complexity index is 843. The van der Waals surface area contributed by atoms with Crippen LogP contribution in [0.1, 0.15) is 37.3 Å². The van der Waals surface area contributed by atoms with Crippen LogP contribution in [0.2, 0.25) is 5.02 Å². The fraction of sp³-hybridized carbons (Fsp3) is 0.429. The SMILES string of the molecule is CCC(C)c1ccc(S(=O)(=O)N2CCN(Cc3ccc(Cl)cc3)CC2)cc1. The van der Waals surface area contributed by atoms with Crippen LogP contribution in [-0.2, 0) is 16.6 Å². The zero-order chi connectivity index (χ0) is 19.4. The Labute approximate surface area is 167 Å². The molecule has 0 aliphatic carbocycles. The number of benzene rings is 2. The Morgan fingerprint density at radius 2 is 1.56 bits per heavy atom. The third kappa shape index (κ3) is 4.91. The lowest BCUT2D eigenvalue weighted by Crippen LogP contribution is -2.48. The predicted molar refractivity (Wildman–Crippen MR) is 111 cm³/mol. The summed E-state index contributed by atoms with van der Waals surface area (Å²) in [5.41, 5.74) is 2.38. The smallest absolute Gasteiger partial charge is 0.243 e. The molecule has 3 rings (SSSR count). The van der Waals surface area contributed by atoms with Crippen molar-refractivity contribution in [2.24, 2.45) is 0 Å². The molecule has 0 bridgehead atoms. The van der Waals surface area contributed by atoms with E-state index in [-0.39, 0.29) is 0 Å². The Kier molecular flexibility index (Phi) is 6.58. The van der Waals surface area contributed by atoms with Crippen molar-refractivity contribution in [3.63, 3.8) is 0 Å². The number of halogens is 1. The van der Waals surface area contributed by atoms with E-state index in [2.05, 4.69) is 18.7 Å². The van der Waals surface area contributed by atoms with E-state index in [4.69, 9.17) is 11.6 Å². The minimum absolute atomic E-state index is 0.390. The van der Waals surface area contributed by atoms with Gasteiger partial charge in [0.05, 0.1) is 4.90 Å². The molecule has 0 N–H and O–H groups in total. The number of piperazine rings is 1. The predicted octanol–water partition coefficient (Wildman–Crippen LogP) is 4.36. The maximum Gasteiger partial charge on any atom is 0.243 e. The van der Waals surface area contributed by atoms with Crippen molar-refractivity contribution in [2.75, 3.05) is 26.2 Å². The molecule has 2 aromatic carbocycles. The lowest BCUT2D eigenvalue weighted by molar-refractivity contribution is 0.181. The second kappa shape index (κ2) is 8.74. The summed E-state index contributed by atoms with van der Waals surface area (Å²) in [6.07, 6.45) is 1.04. The Morgan fingerprint density at radius 1 is 0.963 bits per heavy atom. The molecule has 1 unspecified atom stereocenters. The van der Waals surface area contributed by atoms with Crippen LogP contribution in [0.4, 0.5) is 0 Å². The minimum Gasteiger partial charge on any atom is -0.296 e. The molecule has 0 spiro atoms. The van der Waals surface area contributed by atoms with Gasteiger partial charge in [-0.05, 0) is 47.7 Å². The van der Waals surface area contributed by atoms with Gasteiger partial charge >= 0.3 is 0 Å². The van der Waals surface area contributed by atoms with E-state index in [0.717, 1.165) is 31.1 Å². The van der Waals surface area contributed by atoms with E-state index < -0.39 is 10.0 Å². The van der Waals surface area contributed by atoms with Crippen LogP contribution < -0.4 is 0 Å². The molecule has 0 radical (unpaired) electrons. The molecular weight excluding hydrogens is 380 g/mol. The molecule has 1 fully saturated rings. The van der Waals surface area contributed by atoms with Gasteiger partial charge in [0.15, 0.2) is 0 Å². The van der Waals surface area contributed by atoms with Crippen LogP contribution in [0, 0.1) is 0 Å². The average Bonchev–Trinajstić information content (AvgIpc) is 2.69. The van der Waals surface area contributed by atoms with Crippen molar-refractivity contribution in [3.8, 4) is 0 Å². The molecule has 1 atom stereocenters. The maximum atomic E-state index is 12.9.